The van der Waals surface area contributed by atoms with Gasteiger partial charge in [-0.25, -0.2) is 0 Å². The molecule has 0 saturated carbocycles. The molecule has 0 bridgehead atoms. The molecule has 1 N–H and O–H groups in total. The fraction of sp³-hybridized carbons (Fsp3) is 0.318. The quantitative estimate of drug-likeness (QED) is 0.912. The molecule has 2 aliphatic rings. The van der Waals surface area contributed by atoms with Crippen LogP contribution in [-0.4, -0.2) is 37.0 Å². The van der Waals surface area contributed by atoms with E-state index in [1.54, 1.807) is 0 Å². The molecule has 0 aromatic heterocycles. The van der Waals surface area contributed by atoms with Crippen LogP contribution in [0, 0.1) is 0 Å². The van der Waals surface area contributed by atoms with E-state index >= 15 is 0 Å². The number of nitrogens with zero attached hydrogens (tertiary/aromatic N) is 1. The van der Waals surface area contributed by atoms with Crippen LogP contribution in [0.1, 0.15) is 23.1 Å². The van der Waals surface area contributed by atoms with E-state index < -0.39 is 0 Å². The molecule has 2 aliphatic heterocycles. The van der Waals surface area contributed by atoms with Gasteiger partial charge in [-0.2, -0.15) is 0 Å². The third-order valence-corrected chi connectivity index (χ3v) is 5.41. The summed E-state index contributed by atoms with van der Waals surface area (Å²) in [7, 11) is 0. The fourth-order valence-electron chi connectivity index (χ4n) is 3.89. The topological polar surface area (TPSA) is 24.8 Å². The molecular formula is C22H25N2O+. The van der Waals surface area contributed by atoms with Crippen LogP contribution in [0.3, 0.4) is 0 Å². The molecule has 0 fully saturated rings. The van der Waals surface area contributed by atoms with Crippen LogP contribution in [-0.2, 0) is 17.8 Å². The predicted octanol–water partition coefficient (Wildman–Crippen LogP) is 1.94. The average Bonchev–Trinajstić information content (AvgIpc) is 2.69. The Balaban J connectivity index is 1.34. The van der Waals surface area contributed by atoms with Crippen LogP contribution in [0.4, 0.5) is 0 Å². The Morgan fingerprint density at radius 3 is 2.48 bits per heavy atom. The Morgan fingerprint density at radius 1 is 0.960 bits per heavy atom. The molecule has 0 aliphatic carbocycles. The zero-order valence-electron chi connectivity index (χ0n) is 14.6. The minimum absolute atomic E-state index is 0.293. The van der Waals surface area contributed by atoms with Crippen molar-refractivity contribution in [1.82, 2.24) is 4.90 Å². The molecular weight excluding hydrogens is 308 g/mol. The van der Waals surface area contributed by atoms with Gasteiger partial charge in [-0.3, -0.25) is 4.79 Å². The predicted molar refractivity (Wildman–Crippen MR) is 100 cm³/mol. The zero-order chi connectivity index (χ0) is 17.1. The van der Waals surface area contributed by atoms with Crippen LogP contribution < -0.4 is 4.90 Å². The maximum Gasteiger partial charge on any atom is 0.278 e. The highest BCUT2D eigenvalue weighted by Crippen LogP contribution is 2.19. The Bertz CT molecular complexity index is 782. The minimum Gasteiger partial charge on any atom is -0.333 e. The standard InChI is InChI=1S/C22H24N2O/c25-22(24-15-12-19-8-4-5-9-21(19)16-24)17-23-13-10-20(11-14-23)18-6-2-1-3-7-18/h1-10H,11-17H2/p+1. The van der Waals surface area contributed by atoms with Crippen molar-refractivity contribution < 1.29 is 9.69 Å². The Morgan fingerprint density at radius 2 is 1.72 bits per heavy atom. The molecule has 2 aromatic rings. The van der Waals surface area contributed by atoms with Crippen molar-refractivity contribution in [3.63, 3.8) is 0 Å². The van der Waals surface area contributed by atoms with Gasteiger partial charge in [0.1, 0.15) is 0 Å². The van der Waals surface area contributed by atoms with Crippen LogP contribution in [0.25, 0.3) is 5.57 Å². The monoisotopic (exact) mass is 333 g/mol. The molecule has 0 saturated heterocycles. The maximum absolute atomic E-state index is 12.7. The van der Waals surface area contributed by atoms with Gasteiger partial charge in [0.15, 0.2) is 6.54 Å². The van der Waals surface area contributed by atoms with E-state index in [0.29, 0.717) is 12.5 Å². The highest BCUT2D eigenvalue weighted by atomic mass is 16.2. The summed E-state index contributed by atoms with van der Waals surface area (Å²) >= 11 is 0. The number of hydrogen-bond donors (Lipinski definition) is 1. The summed E-state index contributed by atoms with van der Waals surface area (Å²) in [6.07, 6.45) is 4.34. The molecule has 4 rings (SSSR count). The summed E-state index contributed by atoms with van der Waals surface area (Å²) < 4.78 is 0. The van der Waals surface area contributed by atoms with E-state index in [-0.39, 0.29) is 0 Å². The lowest BCUT2D eigenvalue weighted by atomic mass is 9.99. The summed E-state index contributed by atoms with van der Waals surface area (Å²) in [5.74, 6) is 0.293. The van der Waals surface area contributed by atoms with Crippen molar-refractivity contribution in [2.45, 2.75) is 19.4 Å². The van der Waals surface area contributed by atoms with Gasteiger partial charge in [0.25, 0.3) is 5.91 Å². The van der Waals surface area contributed by atoms with Crippen LogP contribution in [0.15, 0.2) is 60.7 Å². The van der Waals surface area contributed by atoms with E-state index in [4.69, 9.17) is 0 Å². The Kier molecular flexibility index (Phi) is 4.66. The third kappa shape index (κ3) is 3.67. The summed E-state index contributed by atoms with van der Waals surface area (Å²) in [6, 6.07) is 19.1. The second-order valence-corrected chi connectivity index (χ2v) is 7.06. The van der Waals surface area contributed by atoms with Crippen molar-refractivity contribution in [1.29, 1.82) is 0 Å². The SMILES string of the molecule is O=C(C[NH+]1CC=C(c2ccccc2)CC1)N1CCc2ccccc2C1. The number of hydrogen-bond acceptors (Lipinski definition) is 1. The largest absolute Gasteiger partial charge is 0.333 e. The van der Waals surface area contributed by atoms with Crippen LogP contribution >= 0.6 is 0 Å². The van der Waals surface area contributed by atoms with E-state index in [1.165, 1.54) is 27.2 Å². The first kappa shape index (κ1) is 16.1. The van der Waals surface area contributed by atoms with Crippen molar-refractivity contribution in [2.24, 2.45) is 0 Å². The number of amides is 1. The third-order valence-electron chi connectivity index (χ3n) is 5.41. The van der Waals surface area contributed by atoms with Crippen LogP contribution in [0.2, 0.25) is 0 Å². The smallest absolute Gasteiger partial charge is 0.278 e. The van der Waals surface area contributed by atoms with Gasteiger partial charge < -0.3 is 9.80 Å². The highest BCUT2D eigenvalue weighted by Gasteiger charge is 2.25. The van der Waals surface area contributed by atoms with E-state index in [9.17, 15) is 4.79 Å². The molecule has 25 heavy (non-hydrogen) atoms. The first-order chi connectivity index (χ1) is 12.3. The second-order valence-electron chi connectivity index (χ2n) is 7.06. The number of carbonyl (C=O) groups excluding carboxylic acids is 1. The number of rotatable bonds is 3. The van der Waals surface area contributed by atoms with Crippen molar-refractivity contribution >= 4 is 11.5 Å². The molecule has 1 atom stereocenters. The van der Waals surface area contributed by atoms with Gasteiger partial charge >= 0.3 is 0 Å². The lowest BCUT2D eigenvalue weighted by Gasteiger charge is -2.31. The number of quaternary nitrogens is 1. The first-order valence-electron chi connectivity index (χ1n) is 9.22. The van der Waals surface area contributed by atoms with E-state index in [2.05, 4.69) is 60.7 Å². The molecule has 0 radical (unpaired) electrons. The summed E-state index contributed by atoms with van der Waals surface area (Å²) in [4.78, 5) is 16.1. The summed E-state index contributed by atoms with van der Waals surface area (Å²) in [5.41, 5.74) is 5.44. The molecule has 128 valence electrons. The van der Waals surface area contributed by atoms with Gasteiger partial charge in [-0.15, -0.1) is 0 Å². The zero-order valence-corrected chi connectivity index (χ0v) is 14.6. The van der Waals surface area contributed by atoms with E-state index in [0.717, 1.165) is 39.0 Å². The summed E-state index contributed by atoms with van der Waals surface area (Å²) in [5, 5.41) is 0. The molecule has 3 heteroatoms. The van der Waals surface area contributed by atoms with E-state index in [1.807, 2.05) is 4.90 Å². The Hall–Kier alpha value is -2.39. The van der Waals surface area contributed by atoms with Crippen molar-refractivity contribution in [2.75, 3.05) is 26.2 Å². The lowest BCUT2D eigenvalue weighted by Crippen LogP contribution is -3.13. The number of fused-ring (bicyclic) bond motifs is 1. The van der Waals surface area contributed by atoms with Gasteiger partial charge in [0.05, 0.1) is 13.1 Å². The van der Waals surface area contributed by atoms with Crippen LogP contribution in [0.5, 0.6) is 0 Å². The van der Waals surface area contributed by atoms with Gasteiger partial charge in [0, 0.05) is 19.5 Å². The molecule has 0 spiro atoms. The first-order valence-corrected chi connectivity index (χ1v) is 9.22. The number of nitrogens with one attached hydrogen (secondary N) is 1. The fourth-order valence-corrected chi connectivity index (χ4v) is 3.89. The number of benzene rings is 2. The van der Waals surface area contributed by atoms with Gasteiger partial charge in [-0.1, -0.05) is 54.6 Å². The molecule has 3 nitrogen and oxygen atoms in total. The Labute approximate surface area is 149 Å². The minimum atomic E-state index is 0.293. The van der Waals surface area contributed by atoms with Gasteiger partial charge in [0.2, 0.25) is 0 Å². The average molecular weight is 333 g/mol. The summed E-state index contributed by atoms with van der Waals surface area (Å²) in [6.45, 7) is 4.22. The molecule has 2 aromatic carbocycles. The second kappa shape index (κ2) is 7.24. The highest BCUT2D eigenvalue weighted by molar-refractivity contribution is 5.77. The molecule has 1 unspecified atom stereocenters. The van der Waals surface area contributed by atoms with Gasteiger partial charge in [-0.05, 0) is 34.8 Å². The maximum atomic E-state index is 12.7. The molecule has 2 heterocycles. The number of carbonyl (C=O) groups is 1. The van der Waals surface area contributed by atoms with Crippen molar-refractivity contribution in [3.8, 4) is 0 Å². The van der Waals surface area contributed by atoms with Crippen molar-refractivity contribution in [3.05, 3.63) is 77.4 Å². The normalized spacial score (nSPS) is 19.9. The molecule has 1 amide bonds. The lowest BCUT2D eigenvalue weighted by molar-refractivity contribution is -0.887.